The van der Waals surface area contributed by atoms with Crippen LogP contribution in [0.2, 0.25) is 0 Å². The van der Waals surface area contributed by atoms with Gasteiger partial charge in [-0.05, 0) is 39.0 Å². The van der Waals surface area contributed by atoms with Crippen LogP contribution in [0.25, 0.3) is 0 Å². The van der Waals surface area contributed by atoms with Crippen LogP contribution in [0.4, 0.5) is 5.69 Å². The molecule has 0 aliphatic carbocycles. The number of nitrogens with one attached hydrogen (secondary N) is 1. The largest absolute Gasteiger partial charge is 0.487 e. The molecule has 1 heterocycles. The molecule has 1 unspecified atom stereocenters. The Bertz CT molecular complexity index is 1020. The average Bonchev–Trinajstić information content (AvgIpc) is 2.66. The van der Waals surface area contributed by atoms with E-state index in [1.165, 1.54) is 14.1 Å². The number of benzene rings is 2. The molecule has 2 aromatic carbocycles. The Morgan fingerprint density at radius 2 is 1.83 bits per heavy atom. The Morgan fingerprint density at radius 3 is 2.47 bits per heavy atom. The van der Waals surface area contributed by atoms with Gasteiger partial charge >= 0.3 is 10.2 Å². The van der Waals surface area contributed by atoms with Crippen LogP contribution < -0.4 is 14.4 Å². The van der Waals surface area contributed by atoms with Crippen LogP contribution in [0.1, 0.15) is 37.4 Å². The summed E-state index contributed by atoms with van der Waals surface area (Å²) in [6.07, 6.45) is 0.584. The molecule has 0 aromatic heterocycles. The third-order valence-electron chi connectivity index (χ3n) is 5.03. The van der Waals surface area contributed by atoms with Crippen LogP contribution in [-0.2, 0) is 15.0 Å². The molecule has 1 atom stereocenters. The van der Waals surface area contributed by atoms with Crippen molar-refractivity contribution in [2.75, 3.05) is 24.9 Å². The van der Waals surface area contributed by atoms with Crippen molar-refractivity contribution in [1.82, 2.24) is 9.62 Å². The first-order valence-electron chi connectivity index (χ1n) is 9.84. The number of hydrogen-bond donors (Lipinski definition) is 1. The molecule has 30 heavy (non-hydrogen) atoms. The molecule has 0 saturated heterocycles. The van der Waals surface area contributed by atoms with E-state index in [1.807, 2.05) is 39.0 Å². The van der Waals surface area contributed by atoms with Crippen LogP contribution in [-0.4, -0.2) is 44.9 Å². The standard InChI is InChI=1S/C22H29N3O4S/c1-16-11-12-20-18(13-16)19(14-22(2,3)29-20)23-21(26)15-25(30(27,28)24(4)5)17-9-7-6-8-10-17/h6-13,19H,14-15H2,1-5H3,(H,23,26). The van der Waals surface area contributed by atoms with Crippen LogP contribution in [0.5, 0.6) is 5.75 Å². The Balaban J connectivity index is 1.87. The molecule has 1 aliphatic rings. The lowest BCUT2D eigenvalue weighted by atomic mass is 9.89. The number of carbonyl (C=O) groups excluding carboxylic acids is 1. The molecular weight excluding hydrogens is 402 g/mol. The molecule has 162 valence electrons. The van der Waals surface area contributed by atoms with Gasteiger partial charge in [0.2, 0.25) is 5.91 Å². The van der Waals surface area contributed by atoms with Crippen LogP contribution in [0.15, 0.2) is 48.5 Å². The fraction of sp³-hybridized carbons (Fsp3) is 0.409. The molecule has 3 rings (SSSR count). The zero-order valence-electron chi connectivity index (χ0n) is 18.0. The quantitative estimate of drug-likeness (QED) is 0.763. The molecule has 0 bridgehead atoms. The fourth-order valence-corrected chi connectivity index (χ4v) is 4.63. The minimum absolute atomic E-state index is 0.268. The Hall–Kier alpha value is -2.58. The number of anilines is 1. The second-order valence-corrected chi connectivity index (χ2v) is 10.4. The summed E-state index contributed by atoms with van der Waals surface area (Å²) in [6.45, 7) is 5.62. The van der Waals surface area contributed by atoms with Crippen molar-refractivity contribution in [3.63, 3.8) is 0 Å². The first-order valence-corrected chi connectivity index (χ1v) is 11.2. The van der Waals surface area contributed by atoms with E-state index in [9.17, 15) is 13.2 Å². The second kappa shape index (κ2) is 8.28. The highest BCUT2D eigenvalue weighted by Crippen LogP contribution is 2.39. The van der Waals surface area contributed by atoms with E-state index in [2.05, 4.69) is 5.32 Å². The summed E-state index contributed by atoms with van der Waals surface area (Å²) in [4.78, 5) is 13.0. The summed E-state index contributed by atoms with van der Waals surface area (Å²) in [5.41, 5.74) is 1.96. The molecule has 0 radical (unpaired) electrons. The predicted octanol–water partition coefficient (Wildman–Crippen LogP) is 3.03. The molecule has 0 fully saturated rings. The summed E-state index contributed by atoms with van der Waals surface area (Å²) in [6, 6.07) is 14.2. The van der Waals surface area contributed by atoms with Gasteiger partial charge in [0.1, 0.15) is 17.9 Å². The van der Waals surface area contributed by atoms with Gasteiger partial charge < -0.3 is 10.1 Å². The van der Waals surface area contributed by atoms with E-state index in [-0.39, 0.29) is 18.5 Å². The molecule has 2 aromatic rings. The van der Waals surface area contributed by atoms with Gasteiger partial charge in [0.25, 0.3) is 0 Å². The lowest BCUT2D eigenvalue weighted by Crippen LogP contribution is -2.48. The van der Waals surface area contributed by atoms with Crippen LogP contribution in [0.3, 0.4) is 0 Å². The molecule has 1 aliphatic heterocycles. The van der Waals surface area contributed by atoms with Gasteiger partial charge in [-0.1, -0.05) is 35.9 Å². The summed E-state index contributed by atoms with van der Waals surface area (Å²) in [5.74, 6) is 0.363. The lowest BCUT2D eigenvalue weighted by Gasteiger charge is -2.38. The third kappa shape index (κ3) is 4.76. The van der Waals surface area contributed by atoms with Gasteiger partial charge in [-0.25, -0.2) is 4.31 Å². The molecule has 1 N–H and O–H groups in total. The Labute approximate surface area is 178 Å². The van der Waals surface area contributed by atoms with Crippen molar-refractivity contribution >= 4 is 21.8 Å². The number of aryl methyl sites for hydroxylation is 1. The van der Waals surface area contributed by atoms with E-state index in [1.54, 1.807) is 30.3 Å². The van der Waals surface area contributed by atoms with Gasteiger partial charge in [-0.3, -0.25) is 4.79 Å². The van der Waals surface area contributed by atoms with Gasteiger partial charge in [0, 0.05) is 26.1 Å². The Morgan fingerprint density at radius 1 is 1.17 bits per heavy atom. The van der Waals surface area contributed by atoms with Crippen molar-refractivity contribution in [1.29, 1.82) is 0 Å². The molecule has 0 spiro atoms. The van der Waals surface area contributed by atoms with Gasteiger partial charge in [0.15, 0.2) is 0 Å². The highest BCUT2D eigenvalue weighted by molar-refractivity contribution is 7.90. The first-order chi connectivity index (χ1) is 14.0. The van der Waals surface area contributed by atoms with Gasteiger partial charge in [-0.15, -0.1) is 0 Å². The van der Waals surface area contributed by atoms with Crippen molar-refractivity contribution in [2.45, 2.75) is 38.8 Å². The zero-order chi connectivity index (χ0) is 22.1. The first kappa shape index (κ1) is 22.1. The minimum Gasteiger partial charge on any atom is -0.487 e. The number of nitrogens with zero attached hydrogens (tertiary/aromatic N) is 2. The van der Waals surface area contributed by atoms with Crippen molar-refractivity contribution in [3.8, 4) is 5.75 Å². The number of rotatable bonds is 6. The van der Waals surface area contributed by atoms with Crippen molar-refractivity contribution in [3.05, 3.63) is 59.7 Å². The number of ether oxygens (including phenoxy) is 1. The normalized spacial score (nSPS) is 17.7. The maximum absolute atomic E-state index is 13.0. The van der Waals surface area contributed by atoms with Crippen molar-refractivity contribution in [2.24, 2.45) is 0 Å². The summed E-state index contributed by atoms with van der Waals surface area (Å²) in [5, 5.41) is 3.03. The lowest BCUT2D eigenvalue weighted by molar-refractivity contribution is -0.120. The van der Waals surface area contributed by atoms with E-state index < -0.39 is 15.8 Å². The number of amides is 1. The highest BCUT2D eigenvalue weighted by atomic mass is 32.2. The topological polar surface area (TPSA) is 79.0 Å². The van der Waals surface area contributed by atoms with Gasteiger partial charge in [0.05, 0.1) is 11.7 Å². The Kier molecular flexibility index (Phi) is 6.10. The minimum atomic E-state index is -3.84. The average molecular weight is 432 g/mol. The third-order valence-corrected chi connectivity index (χ3v) is 6.85. The summed E-state index contributed by atoms with van der Waals surface area (Å²) >= 11 is 0. The molecule has 1 amide bonds. The summed E-state index contributed by atoms with van der Waals surface area (Å²) < 4.78 is 34.0. The monoisotopic (exact) mass is 431 g/mol. The maximum Gasteiger partial charge on any atom is 0.304 e. The second-order valence-electron chi connectivity index (χ2n) is 8.36. The number of fused-ring (bicyclic) bond motifs is 1. The van der Waals surface area contributed by atoms with E-state index in [0.29, 0.717) is 12.1 Å². The zero-order valence-corrected chi connectivity index (χ0v) is 18.9. The van der Waals surface area contributed by atoms with Crippen LogP contribution >= 0.6 is 0 Å². The summed E-state index contributed by atoms with van der Waals surface area (Å²) in [7, 11) is -0.942. The number of carbonyl (C=O) groups is 1. The fourth-order valence-electron chi connectivity index (χ4n) is 3.57. The van der Waals surface area contributed by atoms with Gasteiger partial charge in [-0.2, -0.15) is 12.7 Å². The van der Waals surface area contributed by atoms with E-state index in [4.69, 9.17) is 4.74 Å². The maximum atomic E-state index is 13.0. The molecule has 0 saturated carbocycles. The van der Waals surface area contributed by atoms with E-state index >= 15 is 0 Å². The molecule has 8 heteroatoms. The van der Waals surface area contributed by atoms with Crippen LogP contribution in [0, 0.1) is 6.92 Å². The highest BCUT2D eigenvalue weighted by Gasteiger charge is 2.35. The molecule has 7 nitrogen and oxygen atoms in total. The molecular formula is C22H29N3O4S. The predicted molar refractivity (Wildman–Crippen MR) is 118 cm³/mol. The van der Waals surface area contributed by atoms with E-state index in [0.717, 1.165) is 25.5 Å². The SMILES string of the molecule is Cc1ccc2c(c1)C(NC(=O)CN(c1ccccc1)S(=O)(=O)N(C)C)CC(C)(C)O2. The number of para-hydroxylation sites is 1. The number of hydrogen-bond acceptors (Lipinski definition) is 4. The smallest absolute Gasteiger partial charge is 0.304 e. The van der Waals surface area contributed by atoms with Crippen molar-refractivity contribution < 1.29 is 17.9 Å².